The Labute approximate surface area is 127 Å². The summed E-state index contributed by atoms with van der Waals surface area (Å²) in [5.41, 5.74) is 3.48. The first kappa shape index (κ1) is 14.5. The molecule has 21 heavy (non-hydrogen) atoms. The molecule has 0 saturated heterocycles. The zero-order valence-electron chi connectivity index (χ0n) is 12.9. The summed E-state index contributed by atoms with van der Waals surface area (Å²) in [7, 11) is 0. The number of carbonyl (C=O) groups is 2. The zero-order valence-corrected chi connectivity index (χ0v) is 12.9. The van der Waals surface area contributed by atoms with Gasteiger partial charge < -0.3 is 0 Å². The quantitative estimate of drug-likeness (QED) is 0.718. The minimum atomic E-state index is -0.123. The van der Waals surface area contributed by atoms with E-state index in [4.69, 9.17) is 0 Å². The second kappa shape index (κ2) is 5.40. The normalized spacial score (nSPS) is 37.4. The van der Waals surface area contributed by atoms with Crippen molar-refractivity contribution in [2.45, 2.75) is 58.3 Å². The van der Waals surface area contributed by atoms with Crippen LogP contribution in [0.5, 0.6) is 0 Å². The maximum atomic E-state index is 12.2. The summed E-state index contributed by atoms with van der Waals surface area (Å²) < 4.78 is 0. The maximum Gasteiger partial charge on any atom is 0.139 e. The topological polar surface area (TPSA) is 34.1 Å². The van der Waals surface area contributed by atoms with E-state index in [2.05, 4.69) is 25.7 Å². The molecule has 2 atom stereocenters. The third-order valence-corrected chi connectivity index (χ3v) is 5.72. The van der Waals surface area contributed by atoms with Crippen molar-refractivity contribution in [3.63, 3.8) is 0 Å². The molecule has 0 spiro atoms. The van der Waals surface area contributed by atoms with Crippen molar-refractivity contribution in [1.29, 1.82) is 0 Å². The summed E-state index contributed by atoms with van der Waals surface area (Å²) in [6.45, 7) is 6.23. The van der Waals surface area contributed by atoms with E-state index in [1.807, 2.05) is 0 Å². The van der Waals surface area contributed by atoms with Crippen LogP contribution in [0.25, 0.3) is 0 Å². The number of ketones is 2. The number of rotatable bonds is 1. The van der Waals surface area contributed by atoms with Gasteiger partial charge in [0.05, 0.1) is 0 Å². The van der Waals surface area contributed by atoms with Gasteiger partial charge in [0, 0.05) is 24.7 Å². The smallest absolute Gasteiger partial charge is 0.139 e. The van der Waals surface area contributed by atoms with Crippen molar-refractivity contribution >= 4 is 11.6 Å². The molecule has 0 aromatic heterocycles. The van der Waals surface area contributed by atoms with E-state index in [1.165, 1.54) is 5.57 Å². The molecule has 3 aliphatic rings. The predicted molar refractivity (Wildman–Crippen MR) is 83.9 cm³/mol. The molecule has 2 heteroatoms. The molecule has 3 fully saturated rings. The highest BCUT2D eigenvalue weighted by Crippen LogP contribution is 2.52. The number of fused-ring (bicyclic) bond motifs is 1. The minimum absolute atomic E-state index is 0.123. The van der Waals surface area contributed by atoms with Crippen LogP contribution in [0.2, 0.25) is 0 Å². The Bertz CT molecular complexity index is 564. The number of hydrogen-bond acceptors (Lipinski definition) is 2. The van der Waals surface area contributed by atoms with Crippen LogP contribution < -0.4 is 0 Å². The highest BCUT2D eigenvalue weighted by Gasteiger charge is 2.48. The van der Waals surface area contributed by atoms with Gasteiger partial charge in [-0.3, -0.25) is 9.59 Å². The van der Waals surface area contributed by atoms with E-state index in [-0.39, 0.29) is 5.41 Å². The summed E-state index contributed by atoms with van der Waals surface area (Å²) in [5.74, 6) is 1.18. The molecule has 3 saturated carbocycles. The van der Waals surface area contributed by atoms with E-state index in [9.17, 15) is 9.59 Å². The average molecular weight is 284 g/mol. The van der Waals surface area contributed by atoms with Crippen LogP contribution in [0.1, 0.15) is 58.3 Å². The van der Waals surface area contributed by atoms with Gasteiger partial charge in [-0.1, -0.05) is 36.8 Å². The van der Waals surface area contributed by atoms with E-state index < -0.39 is 0 Å². The molecule has 2 nitrogen and oxygen atoms in total. The third kappa shape index (κ3) is 2.56. The summed E-state index contributed by atoms with van der Waals surface area (Å²) in [5, 5.41) is 0. The lowest BCUT2D eigenvalue weighted by atomic mass is 9.66. The molecule has 3 rings (SSSR count). The summed E-state index contributed by atoms with van der Waals surface area (Å²) >= 11 is 0. The molecule has 3 aliphatic carbocycles. The molecule has 0 N–H and O–H groups in total. The third-order valence-electron chi connectivity index (χ3n) is 5.72. The van der Waals surface area contributed by atoms with Gasteiger partial charge in [-0.15, -0.1) is 0 Å². The fourth-order valence-corrected chi connectivity index (χ4v) is 4.28. The van der Waals surface area contributed by atoms with Crippen molar-refractivity contribution in [3.8, 4) is 0 Å². The first-order valence-corrected chi connectivity index (χ1v) is 8.13. The standard InChI is InChI=1S/C19H24O2/c1-13-5-8-16(20)12-15(13)7-6-14-4-3-11-19(2)17(14)9-10-18(19)21/h6-7,17H,1,3-5,8-12H2,2H3/b14-6+,15-7-/t17-,19-/m0/s1. The van der Waals surface area contributed by atoms with E-state index >= 15 is 0 Å². The molecule has 0 aliphatic heterocycles. The van der Waals surface area contributed by atoms with Crippen LogP contribution in [0.4, 0.5) is 0 Å². The molecule has 0 aromatic carbocycles. The second-order valence-electron chi connectivity index (χ2n) is 7.04. The SMILES string of the molecule is C=C1CCC(=O)C/C1=C/C=C1\CCC[C@]2(C)C(=O)CC[C@@H]12. The van der Waals surface area contributed by atoms with Gasteiger partial charge in [-0.25, -0.2) is 0 Å². The molecule has 0 heterocycles. The van der Waals surface area contributed by atoms with Gasteiger partial charge >= 0.3 is 0 Å². The van der Waals surface area contributed by atoms with Gasteiger partial charge in [0.25, 0.3) is 0 Å². The van der Waals surface area contributed by atoms with Crippen LogP contribution in [0.15, 0.2) is 35.5 Å². The van der Waals surface area contributed by atoms with E-state index in [0.717, 1.165) is 49.7 Å². The minimum Gasteiger partial charge on any atom is -0.299 e. The largest absolute Gasteiger partial charge is 0.299 e. The zero-order chi connectivity index (χ0) is 15.0. The second-order valence-corrected chi connectivity index (χ2v) is 7.04. The Kier molecular flexibility index (Phi) is 3.73. The molecule has 0 amide bonds. The number of hydrogen-bond donors (Lipinski definition) is 0. The monoisotopic (exact) mass is 284 g/mol. The highest BCUT2D eigenvalue weighted by atomic mass is 16.1. The Morgan fingerprint density at radius 3 is 2.76 bits per heavy atom. The maximum absolute atomic E-state index is 12.2. The van der Waals surface area contributed by atoms with Crippen molar-refractivity contribution < 1.29 is 9.59 Å². The lowest BCUT2D eigenvalue weighted by Crippen LogP contribution is -2.33. The van der Waals surface area contributed by atoms with Crippen LogP contribution in [-0.2, 0) is 9.59 Å². The van der Waals surface area contributed by atoms with Crippen molar-refractivity contribution in [2.75, 3.05) is 0 Å². The van der Waals surface area contributed by atoms with Crippen molar-refractivity contribution in [1.82, 2.24) is 0 Å². The molecule has 0 radical (unpaired) electrons. The van der Waals surface area contributed by atoms with Gasteiger partial charge in [-0.05, 0) is 43.6 Å². The van der Waals surface area contributed by atoms with Crippen LogP contribution >= 0.6 is 0 Å². The molecular weight excluding hydrogens is 260 g/mol. The predicted octanol–water partition coefficient (Wildman–Crippen LogP) is 4.32. The van der Waals surface area contributed by atoms with Gasteiger partial charge in [0.1, 0.15) is 11.6 Å². The number of Topliss-reactive ketones (excluding diaryl/α,β-unsaturated/α-hetero) is 2. The van der Waals surface area contributed by atoms with E-state index in [0.29, 0.717) is 30.3 Å². The number of allylic oxidation sites excluding steroid dienone is 5. The molecular formula is C19H24O2. The first-order chi connectivity index (χ1) is 10.0. The first-order valence-electron chi connectivity index (χ1n) is 8.13. The number of carbonyl (C=O) groups excluding carboxylic acids is 2. The van der Waals surface area contributed by atoms with Gasteiger partial charge in [0.15, 0.2) is 0 Å². The summed E-state index contributed by atoms with van der Waals surface area (Å²) in [6, 6.07) is 0. The Balaban J connectivity index is 1.84. The van der Waals surface area contributed by atoms with Gasteiger partial charge in [0.2, 0.25) is 0 Å². The lowest BCUT2D eigenvalue weighted by molar-refractivity contribution is -0.126. The Hall–Kier alpha value is -1.44. The molecule has 0 bridgehead atoms. The highest BCUT2D eigenvalue weighted by molar-refractivity contribution is 5.88. The van der Waals surface area contributed by atoms with Crippen LogP contribution in [0, 0.1) is 11.3 Å². The lowest BCUT2D eigenvalue weighted by Gasteiger charge is -2.36. The van der Waals surface area contributed by atoms with Crippen LogP contribution in [-0.4, -0.2) is 11.6 Å². The fourth-order valence-electron chi connectivity index (χ4n) is 4.28. The van der Waals surface area contributed by atoms with Gasteiger partial charge in [-0.2, -0.15) is 0 Å². The summed E-state index contributed by atoms with van der Waals surface area (Å²) in [6.07, 6.45) is 11.2. The fraction of sp³-hybridized carbons (Fsp3) is 0.579. The molecule has 112 valence electrons. The molecule has 0 unspecified atom stereocenters. The average Bonchev–Trinajstić information content (AvgIpc) is 2.76. The van der Waals surface area contributed by atoms with Crippen molar-refractivity contribution in [2.24, 2.45) is 11.3 Å². The van der Waals surface area contributed by atoms with E-state index in [1.54, 1.807) is 0 Å². The van der Waals surface area contributed by atoms with Crippen LogP contribution in [0.3, 0.4) is 0 Å². The Morgan fingerprint density at radius 1 is 1.14 bits per heavy atom. The summed E-state index contributed by atoms with van der Waals surface area (Å²) in [4.78, 5) is 23.8. The molecule has 0 aromatic rings. The van der Waals surface area contributed by atoms with Crippen molar-refractivity contribution in [3.05, 3.63) is 35.5 Å². The Morgan fingerprint density at radius 2 is 1.95 bits per heavy atom.